The molecule has 0 unspecified atom stereocenters. The van der Waals surface area contributed by atoms with E-state index in [0.29, 0.717) is 19.4 Å². The monoisotopic (exact) mass is 203 g/mol. The molecule has 1 saturated carbocycles. The van der Waals surface area contributed by atoms with Crippen molar-refractivity contribution in [1.29, 1.82) is 5.26 Å². The molecule has 1 aromatic rings. The maximum Gasteiger partial charge on any atom is 0.156 e. The second kappa shape index (κ2) is 4.01. The quantitative estimate of drug-likeness (QED) is 0.759. The first-order valence-electron chi connectivity index (χ1n) is 5.01. The van der Waals surface area contributed by atoms with E-state index >= 15 is 0 Å². The summed E-state index contributed by atoms with van der Waals surface area (Å²) in [5.41, 5.74) is -0.0219. The summed E-state index contributed by atoms with van der Waals surface area (Å²) in [7, 11) is 0. The zero-order valence-electron chi connectivity index (χ0n) is 8.39. The summed E-state index contributed by atoms with van der Waals surface area (Å²) in [6, 6.07) is 11.8. The van der Waals surface area contributed by atoms with Crippen molar-refractivity contribution < 1.29 is 9.84 Å². The highest BCUT2D eigenvalue weighted by Crippen LogP contribution is 2.34. The van der Waals surface area contributed by atoms with E-state index in [9.17, 15) is 5.11 Å². The van der Waals surface area contributed by atoms with Crippen LogP contribution in [0.25, 0.3) is 0 Å². The molecule has 0 heterocycles. The minimum absolute atomic E-state index is 0.0230. The van der Waals surface area contributed by atoms with Gasteiger partial charge in [-0.2, -0.15) is 5.26 Å². The van der Waals surface area contributed by atoms with Crippen LogP contribution in [0.3, 0.4) is 0 Å². The number of hydrogen-bond acceptors (Lipinski definition) is 3. The molecular formula is C12H13NO2. The summed E-state index contributed by atoms with van der Waals surface area (Å²) >= 11 is 0. The minimum atomic E-state index is -1.14. The van der Waals surface area contributed by atoms with Crippen molar-refractivity contribution in [3.05, 3.63) is 35.9 Å². The normalized spacial score (nSPS) is 29.2. The number of nitriles is 1. The molecule has 0 bridgehead atoms. The van der Waals surface area contributed by atoms with Crippen molar-refractivity contribution in [2.45, 2.75) is 31.2 Å². The highest BCUT2D eigenvalue weighted by atomic mass is 16.5. The van der Waals surface area contributed by atoms with Crippen molar-refractivity contribution in [2.75, 3.05) is 0 Å². The van der Waals surface area contributed by atoms with Crippen LogP contribution in [0.4, 0.5) is 0 Å². The molecule has 3 nitrogen and oxygen atoms in total. The summed E-state index contributed by atoms with van der Waals surface area (Å²) in [6.07, 6.45) is 0.877. The zero-order valence-corrected chi connectivity index (χ0v) is 8.39. The SMILES string of the molecule is N#CC1(O)CC(OCc2ccccc2)C1. The number of rotatable bonds is 3. The number of hydrogen-bond donors (Lipinski definition) is 1. The first-order chi connectivity index (χ1) is 7.22. The van der Waals surface area contributed by atoms with E-state index in [1.54, 1.807) is 0 Å². The van der Waals surface area contributed by atoms with E-state index in [4.69, 9.17) is 10.00 Å². The fraction of sp³-hybridized carbons (Fsp3) is 0.417. The second-order valence-corrected chi connectivity index (χ2v) is 3.97. The molecule has 0 amide bonds. The van der Waals surface area contributed by atoms with Crippen LogP contribution in [0.5, 0.6) is 0 Å². The Bertz CT molecular complexity index is 363. The topological polar surface area (TPSA) is 53.2 Å². The standard InChI is InChI=1S/C12H13NO2/c13-9-12(14)6-11(7-12)15-8-10-4-2-1-3-5-10/h1-5,11,14H,6-8H2. The van der Waals surface area contributed by atoms with Crippen molar-refractivity contribution in [3.8, 4) is 6.07 Å². The lowest BCUT2D eigenvalue weighted by Crippen LogP contribution is -2.47. The Morgan fingerprint density at radius 2 is 2.07 bits per heavy atom. The van der Waals surface area contributed by atoms with Crippen molar-refractivity contribution in [3.63, 3.8) is 0 Å². The second-order valence-electron chi connectivity index (χ2n) is 3.97. The van der Waals surface area contributed by atoms with Crippen LogP contribution in [0.15, 0.2) is 30.3 Å². The lowest BCUT2D eigenvalue weighted by atomic mass is 9.79. The summed E-state index contributed by atoms with van der Waals surface area (Å²) in [5.74, 6) is 0. The third kappa shape index (κ3) is 2.35. The fourth-order valence-electron chi connectivity index (χ4n) is 1.69. The Hall–Kier alpha value is -1.37. The number of aliphatic hydroxyl groups is 1. The molecule has 0 aliphatic heterocycles. The lowest BCUT2D eigenvalue weighted by Gasteiger charge is -2.37. The minimum Gasteiger partial charge on any atom is -0.375 e. The van der Waals surface area contributed by atoms with Gasteiger partial charge < -0.3 is 9.84 Å². The van der Waals surface area contributed by atoms with Crippen LogP contribution in [-0.4, -0.2) is 16.8 Å². The summed E-state index contributed by atoms with van der Waals surface area (Å²) in [4.78, 5) is 0. The molecule has 0 aromatic heterocycles. The average molecular weight is 203 g/mol. The van der Waals surface area contributed by atoms with Gasteiger partial charge in [0.2, 0.25) is 0 Å². The predicted octanol–water partition coefficient (Wildman–Crippen LogP) is 1.62. The molecule has 0 radical (unpaired) electrons. The first kappa shape index (κ1) is 10.2. The van der Waals surface area contributed by atoms with E-state index in [1.807, 2.05) is 36.4 Å². The van der Waals surface area contributed by atoms with Crippen LogP contribution in [0.1, 0.15) is 18.4 Å². The van der Waals surface area contributed by atoms with Gasteiger partial charge in [-0.1, -0.05) is 30.3 Å². The van der Waals surface area contributed by atoms with Gasteiger partial charge in [0.25, 0.3) is 0 Å². The predicted molar refractivity (Wildman–Crippen MR) is 54.8 cm³/mol. The van der Waals surface area contributed by atoms with Crippen molar-refractivity contribution >= 4 is 0 Å². The summed E-state index contributed by atoms with van der Waals surface area (Å²) < 4.78 is 5.55. The maximum absolute atomic E-state index is 9.45. The number of ether oxygens (including phenoxy) is 1. The maximum atomic E-state index is 9.45. The van der Waals surface area contributed by atoms with Gasteiger partial charge in [-0.15, -0.1) is 0 Å². The van der Waals surface area contributed by atoms with Gasteiger partial charge in [0.1, 0.15) is 0 Å². The van der Waals surface area contributed by atoms with Gasteiger partial charge in [0.15, 0.2) is 5.60 Å². The molecule has 1 fully saturated rings. The number of nitrogens with zero attached hydrogens (tertiary/aromatic N) is 1. The van der Waals surface area contributed by atoms with Crippen molar-refractivity contribution in [1.82, 2.24) is 0 Å². The molecule has 3 heteroatoms. The van der Waals surface area contributed by atoms with Crippen LogP contribution < -0.4 is 0 Å². The average Bonchev–Trinajstić information content (AvgIpc) is 2.24. The molecule has 1 aromatic carbocycles. The molecule has 0 saturated heterocycles. The van der Waals surface area contributed by atoms with Crippen LogP contribution in [0.2, 0.25) is 0 Å². The third-order valence-electron chi connectivity index (χ3n) is 2.67. The highest BCUT2D eigenvalue weighted by Gasteiger charge is 2.43. The van der Waals surface area contributed by atoms with Crippen molar-refractivity contribution in [2.24, 2.45) is 0 Å². The Labute approximate surface area is 88.9 Å². The molecule has 0 atom stereocenters. The molecular weight excluding hydrogens is 190 g/mol. The smallest absolute Gasteiger partial charge is 0.156 e. The summed E-state index contributed by atoms with van der Waals surface area (Å²) in [6.45, 7) is 0.549. The third-order valence-corrected chi connectivity index (χ3v) is 2.67. The fourth-order valence-corrected chi connectivity index (χ4v) is 1.69. The lowest BCUT2D eigenvalue weighted by molar-refractivity contribution is -0.114. The molecule has 2 rings (SSSR count). The first-order valence-corrected chi connectivity index (χ1v) is 5.01. The van der Waals surface area contributed by atoms with E-state index in [1.165, 1.54) is 0 Å². The Morgan fingerprint density at radius 3 is 2.67 bits per heavy atom. The van der Waals surface area contributed by atoms with Gasteiger partial charge in [-0.25, -0.2) is 0 Å². The van der Waals surface area contributed by atoms with E-state index in [-0.39, 0.29) is 6.10 Å². The largest absolute Gasteiger partial charge is 0.375 e. The Kier molecular flexibility index (Phi) is 2.72. The van der Waals surface area contributed by atoms with E-state index in [2.05, 4.69) is 0 Å². The number of benzene rings is 1. The molecule has 78 valence electrons. The van der Waals surface area contributed by atoms with Crippen LogP contribution >= 0.6 is 0 Å². The van der Waals surface area contributed by atoms with Crippen LogP contribution in [-0.2, 0) is 11.3 Å². The molecule has 1 aliphatic rings. The molecule has 15 heavy (non-hydrogen) atoms. The molecule has 0 spiro atoms. The van der Waals surface area contributed by atoms with Crippen LogP contribution in [0, 0.1) is 11.3 Å². The van der Waals surface area contributed by atoms with Gasteiger partial charge in [-0.05, 0) is 5.56 Å². The zero-order chi connectivity index (χ0) is 10.7. The Morgan fingerprint density at radius 1 is 1.40 bits per heavy atom. The molecule has 1 N–H and O–H groups in total. The van der Waals surface area contributed by atoms with Gasteiger partial charge in [0, 0.05) is 12.8 Å². The Balaban J connectivity index is 1.76. The molecule has 1 aliphatic carbocycles. The highest BCUT2D eigenvalue weighted by molar-refractivity contribution is 5.14. The van der Waals surface area contributed by atoms with E-state index < -0.39 is 5.60 Å². The van der Waals surface area contributed by atoms with Gasteiger partial charge in [0.05, 0.1) is 18.8 Å². The summed E-state index contributed by atoms with van der Waals surface area (Å²) in [5, 5.41) is 18.0. The van der Waals surface area contributed by atoms with Gasteiger partial charge >= 0.3 is 0 Å². The van der Waals surface area contributed by atoms with E-state index in [0.717, 1.165) is 5.56 Å². The van der Waals surface area contributed by atoms with Gasteiger partial charge in [-0.3, -0.25) is 0 Å².